The number of carbonyl (C=O) groups is 4. The van der Waals surface area contributed by atoms with E-state index in [-0.39, 0.29) is 42.7 Å². The average molecular weight is 740 g/mol. The van der Waals surface area contributed by atoms with Crippen LogP contribution in [-0.2, 0) is 20.9 Å². The minimum atomic E-state index is -1.11. The molecule has 0 spiro atoms. The molecule has 1 atom stereocenters. The quantitative estimate of drug-likeness (QED) is 0.241. The second kappa shape index (κ2) is 14.4. The third-order valence-electron chi connectivity index (χ3n) is 10.7. The SMILES string of the molecule is COC1CCN(c2nccc(Nc3cc4c(cn3)c(N3CCN(Cc5cc6c(cc5F)C(=O)N(C5CCC(=O)NC5=O)C6=O)CC3)nn4C(C)C)n2)CC1. The van der Waals surface area contributed by atoms with Gasteiger partial charge >= 0.3 is 0 Å². The lowest BCUT2D eigenvalue weighted by molar-refractivity contribution is -0.136. The molecule has 4 aliphatic rings. The van der Waals surface area contributed by atoms with E-state index >= 15 is 4.39 Å². The monoisotopic (exact) mass is 739 g/mol. The van der Waals surface area contributed by atoms with Crippen molar-refractivity contribution in [1.82, 2.24) is 39.8 Å². The topological polar surface area (TPSA) is 171 Å². The number of carbonyl (C=O) groups excluding carboxylic acids is 4. The third-order valence-corrected chi connectivity index (χ3v) is 10.7. The zero-order valence-electron chi connectivity index (χ0n) is 30.4. The Bertz CT molecular complexity index is 2140. The Labute approximate surface area is 310 Å². The number of pyridine rings is 1. The second-order valence-corrected chi connectivity index (χ2v) is 14.4. The van der Waals surface area contributed by atoms with Gasteiger partial charge in [-0.25, -0.2) is 14.4 Å². The van der Waals surface area contributed by atoms with E-state index in [0.717, 1.165) is 53.6 Å². The van der Waals surface area contributed by atoms with Gasteiger partial charge in [0, 0.05) is 89.4 Å². The molecule has 16 nitrogen and oxygen atoms in total. The van der Waals surface area contributed by atoms with Crippen LogP contribution in [0.4, 0.5) is 27.8 Å². The number of amides is 4. The van der Waals surface area contributed by atoms with Crippen LogP contribution in [0.5, 0.6) is 0 Å². The molecule has 4 amide bonds. The summed E-state index contributed by atoms with van der Waals surface area (Å²) in [6.07, 6.45) is 5.76. The second-order valence-electron chi connectivity index (χ2n) is 14.4. The Morgan fingerprint density at radius 3 is 2.37 bits per heavy atom. The molecule has 3 aromatic heterocycles. The third kappa shape index (κ3) is 6.61. The first-order valence-corrected chi connectivity index (χ1v) is 18.3. The number of methoxy groups -OCH3 is 1. The molecule has 0 aliphatic carbocycles. The molecule has 8 rings (SSSR count). The molecule has 2 N–H and O–H groups in total. The van der Waals surface area contributed by atoms with Crippen molar-refractivity contribution >= 4 is 57.9 Å². The molecule has 4 aromatic rings. The fourth-order valence-corrected chi connectivity index (χ4v) is 7.72. The minimum Gasteiger partial charge on any atom is -0.381 e. The summed E-state index contributed by atoms with van der Waals surface area (Å²) in [6.45, 7) is 8.53. The number of halogens is 1. The molecule has 0 saturated carbocycles. The highest BCUT2D eigenvalue weighted by Crippen LogP contribution is 2.33. The molecule has 0 radical (unpaired) electrons. The van der Waals surface area contributed by atoms with Crippen LogP contribution in [0.25, 0.3) is 10.9 Å². The number of piperidine rings is 2. The van der Waals surface area contributed by atoms with E-state index in [1.165, 1.54) is 6.07 Å². The molecule has 1 aromatic carbocycles. The largest absolute Gasteiger partial charge is 0.381 e. The van der Waals surface area contributed by atoms with Gasteiger partial charge in [0.2, 0.25) is 17.8 Å². The normalized spacial score (nSPS) is 20.0. The van der Waals surface area contributed by atoms with Crippen LogP contribution in [0.3, 0.4) is 0 Å². The van der Waals surface area contributed by atoms with Gasteiger partial charge in [-0.15, -0.1) is 0 Å². The van der Waals surface area contributed by atoms with Gasteiger partial charge in [0.1, 0.15) is 23.5 Å². The maximum absolute atomic E-state index is 15.4. The first kappa shape index (κ1) is 35.5. The van der Waals surface area contributed by atoms with E-state index in [1.54, 1.807) is 13.3 Å². The molecule has 17 heteroatoms. The Kier molecular flexibility index (Phi) is 9.43. The molecule has 0 bridgehead atoms. The van der Waals surface area contributed by atoms with Gasteiger partial charge in [0.25, 0.3) is 11.8 Å². The Balaban J connectivity index is 0.941. The number of nitrogens with zero attached hydrogens (tertiary/aromatic N) is 9. The summed E-state index contributed by atoms with van der Waals surface area (Å²) >= 11 is 0. The number of rotatable bonds is 9. The minimum absolute atomic E-state index is 0.0122. The number of nitrogens with one attached hydrogen (secondary N) is 2. The summed E-state index contributed by atoms with van der Waals surface area (Å²) in [5, 5.41) is 11.5. The fourth-order valence-electron chi connectivity index (χ4n) is 7.72. The Morgan fingerprint density at radius 2 is 1.67 bits per heavy atom. The molecule has 3 fully saturated rings. The van der Waals surface area contributed by atoms with Gasteiger partial charge in [-0.2, -0.15) is 10.1 Å². The van der Waals surface area contributed by atoms with E-state index < -0.39 is 35.5 Å². The van der Waals surface area contributed by atoms with Crippen LogP contribution in [0.2, 0.25) is 0 Å². The number of hydrogen-bond acceptors (Lipinski definition) is 13. The molecule has 3 saturated heterocycles. The van der Waals surface area contributed by atoms with Crippen molar-refractivity contribution in [3.63, 3.8) is 0 Å². The van der Waals surface area contributed by atoms with Gasteiger partial charge in [-0.05, 0) is 51.3 Å². The maximum atomic E-state index is 15.4. The summed E-state index contributed by atoms with van der Waals surface area (Å²) in [5.41, 5.74) is 1.21. The molecule has 54 heavy (non-hydrogen) atoms. The first-order chi connectivity index (χ1) is 26.1. The van der Waals surface area contributed by atoms with Crippen LogP contribution < -0.4 is 20.4 Å². The number of hydrogen-bond donors (Lipinski definition) is 2. The van der Waals surface area contributed by atoms with Gasteiger partial charge in [0.05, 0.1) is 28.1 Å². The van der Waals surface area contributed by atoms with Crippen LogP contribution >= 0.6 is 0 Å². The standard InChI is InChI=1S/C37H42FN11O5/c1-21(2)49-29-18-31(41-30-6-9-39-37(42-30)47-10-7-23(54-3)8-11-47)40-19-26(29)33(44-49)46-14-12-45(13-15-46)20-22-16-24-25(17-27(22)38)36(53)48(35(24)52)28-4-5-32(50)43-34(28)51/h6,9,16-19,21,23,28H,4-5,7-8,10-15,20H2,1-3H3,(H,43,50,51)(H,39,40,41,42). The number of piperazine rings is 1. The van der Waals surface area contributed by atoms with Gasteiger partial charge < -0.3 is 19.9 Å². The van der Waals surface area contributed by atoms with Crippen molar-refractivity contribution in [2.45, 2.75) is 64.3 Å². The fraction of sp³-hybridized carbons (Fsp3) is 0.459. The highest BCUT2D eigenvalue weighted by Gasteiger charge is 2.45. The summed E-state index contributed by atoms with van der Waals surface area (Å²) in [5.74, 6) is -0.361. The van der Waals surface area contributed by atoms with Crippen LogP contribution in [-0.4, -0.2) is 117 Å². The number of benzene rings is 1. The van der Waals surface area contributed by atoms with Crippen molar-refractivity contribution in [2.24, 2.45) is 0 Å². The maximum Gasteiger partial charge on any atom is 0.262 e. The zero-order chi connectivity index (χ0) is 37.7. The number of imide groups is 2. The average Bonchev–Trinajstić information content (AvgIpc) is 3.66. The van der Waals surface area contributed by atoms with Gasteiger partial charge in [0.15, 0.2) is 5.82 Å². The molecular weight excluding hydrogens is 697 g/mol. The van der Waals surface area contributed by atoms with E-state index in [0.29, 0.717) is 49.3 Å². The Morgan fingerprint density at radius 1 is 0.926 bits per heavy atom. The molecule has 4 aliphatic heterocycles. The molecule has 1 unspecified atom stereocenters. The van der Waals surface area contributed by atoms with Crippen molar-refractivity contribution < 1.29 is 28.3 Å². The number of fused-ring (bicyclic) bond motifs is 2. The first-order valence-electron chi connectivity index (χ1n) is 18.3. The molecular formula is C37H42FN11O5. The van der Waals surface area contributed by atoms with Crippen molar-refractivity contribution in [3.05, 3.63) is 59.2 Å². The van der Waals surface area contributed by atoms with Crippen molar-refractivity contribution in [2.75, 3.05) is 61.5 Å². The highest BCUT2D eigenvalue weighted by molar-refractivity contribution is 6.23. The van der Waals surface area contributed by atoms with Crippen molar-refractivity contribution in [1.29, 1.82) is 0 Å². The van der Waals surface area contributed by atoms with Gasteiger partial charge in [-0.3, -0.25) is 39.0 Å². The lowest BCUT2D eigenvalue weighted by Crippen LogP contribution is -2.54. The highest BCUT2D eigenvalue weighted by atomic mass is 19.1. The number of ether oxygens (including phenoxy) is 1. The van der Waals surface area contributed by atoms with Gasteiger partial charge in [-0.1, -0.05) is 0 Å². The number of aromatic nitrogens is 5. The van der Waals surface area contributed by atoms with Crippen molar-refractivity contribution in [3.8, 4) is 0 Å². The summed E-state index contributed by atoms with van der Waals surface area (Å²) < 4.78 is 22.9. The summed E-state index contributed by atoms with van der Waals surface area (Å²) in [4.78, 5) is 71.8. The molecule has 7 heterocycles. The van der Waals surface area contributed by atoms with E-state index in [9.17, 15) is 19.2 Å². The molecule has 282 valence electrons. The zero-order valence-corrected chi connectivity index (χ0v) is 30.4. The summed E-state index contributed by atoms with van der Waals surface area (Å²) in [7, 11) is 1.75. The predicted molar refractivity (Wildman–Crippen MR) is 196 cm³/mol. The van der Waals surface area contributed by atoms with Crippen LogP contribution in [0.1, 0.15) is 71.9 Å². The van der Waals surface area contributed by atoms with Crippen LogP contribution in [0, 0.1) is 5.82 Å². The lowest BCUT2D eigenvalue weighted by Gasteiger charge is -2.35. The van der Waals surface area contributed by atoms with Crippen LogP contribution in [0.15, 0.2) is 36.7 Å². The summed E-state index contributed by atoms with van der Waals surface area (Å²) in [6, 6.07) is 5.29. The number of anilines is 4. The smallest absolute Gasteiger partial charge is 0.262 e. The lowest BCUT2D eigenvalue weighted by atomic mass is 10.0. The predicted octanol–water partition coefficient (Wildman–Crippen LogP) is 3.02. The van der Waals surface area contributed by atoms with E-state index in [1.807, 2.05) is 23.0 Å². The Hall–Kier alpha value is -5.55. The van der Waals surface area contributed by atoms with E-state index in [4.69, 9.17) is 19.8 Å². The van der Waals surface area contributed by atoms with E-state index in [2.05, 4.69) is 44.2 Å².